The maximum absolute atomic E-state index is 11.0. The summed E-state index contributed by atoms with van der Waals surface area (Å²) in [5, 5.41) is 13.1. The maximum atomic E-state index is 11.0. The van der Waals surface area contributed by atoms with Crippen LogP contribution >= 0.6 is 0 Å². The number of rotatable bonds is 9. The van der Waals surface area contributed by atoms with Gasteiger partial charge < -0.3 is 15.2 Å². The molecule has 0 fully saturated rings. The second-order valence-corrected chi connectivity index (χ2v) is 6.71. The summed E-state index contributed by atoms with van der Waals surface area (Å²) in [5.41, 5.74) is 1.14. The second kappa shape index (κ2) is 9.10. The first kappa shape index (κ1) is 17.1. The van der Waals surface area contributed by atoms with Gasteiger partial charge in [0.1, 0.15) is 18.5 Å². The van der Waals surface area contributed by atoms with Gasteiger partial charge in [-0.25, -0.2) is 0 Å². The van der Waals surface area contributed by atoms with E-state index in [0.29, 0.717) is 12.3 Å². The largest absolute Gasteiger partial charge is 0.491 e. The van der Waals surface area contributed by atoms with Gasteiger partial charge in [-0.2, -0.15) is 0 Å². The zero-order valence-electron chi connectivity index (χ0n) is 12.5. The van der Waals surface area contributed by atoms with Crippen LogP contribution in [0.15, 0.2) is 24.3 Å². The van der Waals surface area contributed by atoms with Crippen LogP contribution in [0, 0.1) is 6.92 Å². The van der Waals surface area contributed by atoms with E-state index < -0.39 is 16.9 Å². The number of aryl methyl sites for hydroxylation is 1. The molecule has 0 amide bonds. The molecule has 5 heteroatoms. The number of nitrogens with one attached hydrogen (secondary N) is 1. The van der Waals surface area contributed by atoms with Crippen LogP contribution < -0.4 is 10.1 Å². The van der Waals surface area contributed by atoms with Gasteiger partial charge in [0.05, 0.1) is 0 Å². The number of benzene rings is 1. The Bertz CT molecular complexity index is 425. The summed E-state index contributed by atoms with van der Waals surface area (Å²) in [4.78, 5) is 0. The van der Waals surface area contributed by atoms with E-state index in [9.17, 15) is 9.32 Å². The SMILES string of the molecule is Cc1cccc(OCC(O)CNC(C)CCS(C)=O)c1. The van der Waals surface area contributed by atoms with Gasteiger partial charge >= 0.3 is 0 Å². The van der Waals surface area contributed by atoms with E-state index in [1.807, 2.05) is 38.1 Å². The Morgan fingerprint density at radius 3 is 2.85 bits per heavy atom. The predicted octanol–water partition coefficient (Wildman–Crippen LogP) is 1.48. The molecule has 0 heterocycles. The lowest BCUT2D eigenvalue weighted by atomic mass is 10.2. The Hall–Kier alpha value is -0.910. The van der Waals surface area contributed by atoms with Crippen LogP contribution in [-0.4, -0.2) is 46.6 Å². The summed E-state index contributed by atoms with van der Waals surface area (Å²) in [7, 11) is -0.758. The number of hydrogen-bond acceptors (Lipinski definition) is 4. The van der Waals surface area contributed by atoms with Crippen molar-refractivity contribution in [2.24, 2.45) is 0 Å². The fourth-order valence-corrected chi connectivity index (χ4v) is 2.42. The van der Waals surface area contributed by atoms with E-state index in [4.69, 9.17) is 4.74 Å². The number of aliphatic hydroxyl groups is 1. The molecule has 20 heavy (non-hydrogen) atoms. The molecule has 0 radical (unpaired) electrons. The summed E-state index contributed by atoms with van der Waals surface area (Å²) in [5.74, 6) is 1.46. The zero-order chi connectivity index (χ0) is 15.0. The fourth-order valence-electron chi connectivity index (χ4n) is 1.74. The molecular formula is C15H25NO3S. The van der Waals surface area contributed by atoms with Gasteiger partial charge in [-0.1, -0.05) is 12.1 Å². The summed E-state index contributed by atoms with van der Waals surface area (Å²) < 4.78 is 16.5. The van der Waals surface area contributed by atoms with Crippen molar-refractivity contribution >= 4 is 10.8 Å². The quantitative estimate of drug-likeness (QED) is 0.725. The van der Waals surface area contributed by atoms with Crippen molar-refractivity contribution in [1.29, 1.82) is 0 Å². The molecule has 0 spiro atoms. The van der Waals surface area contributed by atoms with Gasteiger partial charge in [0.15, 0.2) is 0 Å². The van der Waals surface area contributed by atoms with E-state index in [2.05, 4.69) is 5.32 Å². The first-order valence-electron chi connectivity index (χ1n) is 6.88. The van der Waals surface area contributed by atoms with Gasteiger partial charge in [0.2, 0.25) is 0 Å². The van der Waals surface area contributed by atoms with Crippen molar-refractivity contribution in [3.63, 3.8) is 0 Å². The Labute approximate surface area is 124 Å². The van der Waals surface area contributed by atoms with Crippen LogP contribution in [0.25, 0.3) is 0 Å². The van der Waals surface area contributed by atoms with Crippen molar-refractivity contribution in [1.82, 2.24) is 5.32 Å². The monoisotopic (exact) mass is 299 g/mol. The first-order chi connectivity index (χ1) is 9.47. The molecule has 0 saturated carbocycles. The van der Waals surface area contributed by atoms with Gasteiger partial charge in [-0.3, -0.25) is 4.21 Å². The van der Waals surface area contributed by atoms with E-state index in [1.165, 1.54) is 0 Å². The molecule has 3 unspecified atom stereocenters. The molecular weight excluding hydrogens is 274 g/mol. The third kappa shape index (κ3) is 7.62. The molecule has 0 aromatic heterocycles. The Morgan fingerprint density at radius 2 is 2.20 bits per heavy atom. The third-order valence-electron chi connectivity index (χ3n) is 2.97. The van der Waals surface area contributed by atoms with Crippen LogP contribution in [0.2, 0.25) is 0 Å². The smallest absolute Gasteiger partial charge is 0.119 e. The van der Waals surface area contributed by atoms with E-state index in [-0.39, 0.29) is 12.6 Å². The zero-order valence-corrected chi connectivity index (χ0v) is 13.3. The lowest BCUT2D eigenvalue weighted by molar-refractivity contribution is 0.104. The van der Waals surface area contributed by atoms with Crippen LogP contribution in [0.5, 0.6) is 5.75 Å². The van der Waals surface area contributed by atoms with E-state index in [0.717, 1.165) is 17.7 Å². The third-order valence-corrected chi connectivity index (χ3v) is 3.78. The average Bonchev–Trinajstić information content (AvgIpc) is 2.40. The minimum absolute atomic E-state index is 0.243. The molecule has 0 aliphatic carbocycles. The molecule has 3 atom stereocenters. The summed E-state index contributed by atoms with van der Waals surface area (Å²) in [6.07, 6.45) is 2.00. The standard InChI is InChI=1S/C15H25NO3S/c1-12-5-4-6-15(9-12)19-11-14(17)10-16-13(2)7-8-20(3)18/h4-6,9,13-14,16-17H,7-8,10-11H2,1-3H3. The molecule has 114 valence electrons. The number of hydrogen-bond donors (Lipinski definition) is 2. The van der Waals surface area contributed by atoms with Crippen LogP contribution in [0.4, 0.5) is 0 Å². The second-order valence-electron chi connectivity index (χ2n) is 5.16. The molecule has 0 aliphatic heterocycles. The highest BCUT2D eigenvalue weighted by molar-refractivity contribution is 7.84. The highest BCUT2D eigenvalue weighted by Gasteiger charge is 2.08. The van der Waals surface area contributed by atoms with Crippen molar-refractivity contribution in [2.75, 3.05) is 25.2 Å². The maximum Gasteiger partial charge on any atom is 0.119 e. The molecule has 4 nitrogen and oxygen atoms in total. The molecule has 1 aromatic carbocycles. The molecule has 2 N–H and O–H groups in total. The van der Waals surface area contributed by atoms with Crippen LogP contribution in [0.3, 0.4) is 0 Å². The lowest BCUT2D eigenvalue weighted by Gasteiger charge is -2.17. The fraction of sp³-hybridized carbons (Fsp3) is 0.600. The highest BCUT2D eigenvalue weighted by atomic mass is 32.2. The van der Waals surface area contributed by atoms with E-state index >= 15 is 0 Å². The topological polar surface area (TPSA) is 58.6 Å². The predicted molar refractivity (Wildman–Crippen MR) is 83.7 cm³/mol. The Kier molecular flexibility index (Phi) is 7.80. The Morgan fingerprint density at radius 1 is 1.45 bits per heavy atom. The molecule has 1 aromatic rings. The van der Waals surface area contributed by atoms with Crippen molar-refractivity contribution in [3.05, 3.63) is 29.8 Å². The average molecular weight is 299 g/mol. The number of aliphatic hydroxyl groups excluding tert-OH is 1. The summed E-state index contributed by atoms with van der Waals surface area (Å²) in [6.45, 7) is 4.78. The molecule has 0 saturated heterocycles. The van der Waals surface area contributed by atoms with Crippen LogP contribution in [0.1, 0.15) is 18.9 Å². The summed E-state index contributed by atoms with van der Waals surface area (Å²) >= 11 is 0. The van der Waals surface area contributed by atoms with Crippen molar-refractivity contribution in [2.45, 2.75) is 32.4 Å². The van der Waals surface area contributed by atoms with Crippen molar-refractivity contribution in [3.8, 4) is 5.75 Å². The normalized spacial score (nSPS) is 15.6. The molecule has 0 bridgehead atoms. The number of ether oxygens (including phenoxy) is 1. The Balaban J connectivity index is 2.20. The lowest BCUT2D eigenvalue weighted by Crippen LogP contribution is -2.37. The van der Waals surface area contributed by atoms with Gasteiger partial charge in [0, 0.05) is 35.4 Å². The molecule has 0 aliphatic rings. The minimum Gasteiger partial charge on any atom is -0.491 e. The van der Waals surface area contributed by atoms with Crippen molar-refractivity contribution < 1.29 is 14.1 Å². The molecule has 1 rings (SSSR count). The van der Waals surface area contributed by atoms with Gasteiger partial charge in [0.25, 0.3) is 0 Å². The van der Waals surface area contributed by atoms with Gasteiger partial charge in [-0.05, 0) is 38.0 Å². The van der Waals surface area contributed by atoms with Crippen LogP contribution in [-0.2, 0) is 10.8 Å². The van der Waals surface area contributed by atoms with E-state index in [1.54, 1.807) is 6.26 Å². The van der Waals surface area contributed by atoms with Gasteiger partial charge in [-0.15, -0.1) is 0 Å². The highest BCUT2D eigenvalue weighted by Crippen LogP contribution is 2.12. The first-order valence-corrected chi connectivity index (χ1v) is 8.61. The summed E-state index contributed by atoms with van der Waals surface area (Å²) in [6, 6.07) is 8.01. The minimum atomic E-state index is -0.758.